The standard InChI is InChI=1S/C22H25N7O2/c1-12-9-28(4)20-15(12)5-14-6-17(20)26-18-7-19(23-3)29-21(27-18)16(8-24-29)22(30)25-13(2)10-31-11-14/h5-9,13,23H,10-11H2,1-4H3,(H,25,30)(H,26,27)/t13-/m1/s1. The number of nitrogens with one attached hydrogen (secondary N) is 3. The minimum absolute atomic E-state index is 0.155. The number of aromatic nitrogens is 4. The number of benzene rings is 1. The van der Waals surface area contributed by atoms with Gasteiger partial charge in [0.05, 0.1) is 30.6 Å². The smallest absolute Gasteiger partial charge is 0.257 e. The van der Waals surface area contributed by atoms with Gasteiger partial charge in [-0.25, -0.2) is 4.98 Å². The van der Waals surface area contributed by atoms with Crippen molar-refractivity contribution >= 4 is 39.8 Å². The topological polar surface area (TPSA) is 97.5 Å². The average molecular weight is 419 g/mol. The van der Waals surface area contributed by atoms with Crippen LogP contribution in [0, 0.1) is 6.92 Å². The first kappa shape index (κ1) is 19.4. The summed E-state index contributed by atoms with van der Waals surface area (Å²) in [7, 11) is 3.85. The zero-order valence-electron chi connectivity index (χ0n) is 18.0. The van der Waals surface area contributed by atoms with Gasteiger partial charge in [-0.15, -0.1) is 0 Å². The molecule has 3 aromatic heterocycles. The molecule has 4 aromatic rings. The minimum atomic E-state index is -0.228. The first-order valence-corrected chi connectivity index (χ1v) is 10.3. The van der Waals surface area contributed by atoms with Crippen LogP contribution in [0.5, 0.6) is 0 Å². The van der Waals surface area contributed by atoms with Gasteiger partial charge < -0.3 is 25.3 Å². The number of carbonyl (C=O) groups excluding carboxylic acids is 1. The van der Waals surface area contributed by atoms with Gasteiger partial charge in [0.15, 0.2) is 5.65 Å². The van der Waals surface area contributed by atoms with E-state index in [1.165, 1.54) is 10.9 Å². The van der Waals surface area contributed by atoms with Crippen molar-refractivity contribution in [1.29, 1.82) is 0 Å². The average Bonchev–Trinajstić information content (AvgIpc) is 3.28. The summed E-state index contributed by atoms with van der Waals surface area (Å²) in [5, 5.41) is 15.1. The number of amides is 1. The van der Waals surface area contributed by atoms with Gasteiger partial charge in [0.25, 0.3) is 5.91 Å². The monoisotopic (exact) mass is 419 g/mol. The molecule has 1 aliphatic rings. The molecule has 5 rings (SSSR count). The van der Waals surface area contributed by atoms with E-state index < -0.39 is 0 Å². The van der Waals surface area contributed by atoms with Crippen molar-refractivity contribution in [3.05, 3.63) is 47.3 Å². The van der Waals surface area contributed by atoms with Gasteiger partial charge >= 0.3 is 0 Å². The molecule has 0 spiro atoms. The van der Waals surface area contributed by atoms with Gasteiger partial charge in [0.2, 0.25) is 0 Å². The van der Waals surface area contributed by atoms with Crippen molar-refractivity contribution in [3.63, 3.8) is 0 Å². The molecule has 9 heteroatoms. The van der Waals surface area contributed by atoms with Crippen LogP contribution in [0.1, 0.15) is 28.4 Å². The van der Waals surface area contributed by atoms with E-state index in [0.29, 0.717) is 30.2 Å². The minimum Gasteiger partial charge on any atom is -0.375 e. The van der Waals surface area contributed by atoms with Crippen LogP contribution in [0.3, 0.4) is 0 Å². The highest BCUT2D eigenvalue weighted by Crippen LogP contribution is 2.32. The van der Waals surface area contributed by atoms with E-state index >= 15 is 0 Å². The number of hydrogen-bond donors (Lipinski definition) is 3. The Morgan fingerprint density at radius 2 is 2.13 bits per heavy atom. The quantitative estimate of drug-likeness (QED) is 0.439. The highest BCUT2D eigenvalue weighted by atomic mass is 16.5. The third-order valence-corrected chi connectivity index (χ3v) is 5.58. The Kier molecular flexibility index (Phi) is 4.55. The number of carbonyl (C=O) groups is 1. The number of rotatable bonds is 1. The van der Waals surface area contributed by atoms with Crippen molar-refractivity contribution in [1.82, 2.24) is 24.5 Å². The molecule has 3 N–H and O–H groups in total. The third-order valence-electron chi connectivity index (χ3n) is 5.58. The zero-order chi connectivity index (χ0) is 21.7. The highest BCUT2D eigenvalue weighted by molar-refractivity contribution is 6.00. The lowest BCUT2D eigenvalue weighted by Gasteiger charge is -2.17. The first-order chi connectivity index (χ1) is 14.9. The number of fused-ring (bicyclic) bond motifs is 5. The molecule has 1 atom stereocenters. The van der Waals surface area contributed by atoms with Crippen molar-refractivity contribution in [2.45, 2.75) is 26.5 Å². The lowest BCUT2D eigenvalue weighted by Crippen LogP contribution is -2.35. The number of aryl methyl sites for hydroxylation is 2. The zero-order valence-corrected chi connectivity index (χ0v) is 18.0. The Bertz CT molecular complexity index is 1320. The predicted octanol–water partition coefficient (Wildman–Crippen LogP) is 2.96. The molecule has 4 bridgehead atoms. The molecule has 0 saturated carbocycles. The predicted molar refractivity (Wildman–Crippen MR) is 120 cm³/mol. The Morgan fingerprint density at radius 1 is 1.29 bits per heavy atom. The number of hydrogen-bond acceptors (Lipinski definition) is 6. The normalized spacial score (nSPS) is 16.9. The van der Waals surface area contributed by atoms with Gasteiger partial charge in [0, 0.05) is 37.8 Å². The van der Waals surface area contributed by atoms with Gasteiger partial charge in [-0.2, -0.15) is 9.61 Å². The molecule has 31 heavy (non-hydrogen) atoms. The molecule has 0 aliphatic carbocycles. The van der Waals surface area contributed by atoms with Crippen LogP contribution in [-0.4, -0.2) is 44.8 Å². The third kappa shape index (κ3) is 3.27. The molecule has 4 heterocycles. The summed E-state index contributed by atoms with van der Waals surface area (Å²) in [6, 6.07) is 5.98. The summed E-state index contributed by atoms with van der Waals surface area (Å²) in [5.74, 6) is 1.12. The van der Waals surface area contributed by atoms with Gasteiger partial charge in [-0.3, -0.25) is 4.79 Å². The van der Waals surface area contributed by atoms with Crippen molar-refractivity contribution in [3.8, 4) is 0 Å². The summed E-state index contributed by atoms with van der Waals surface area (Å²) in [4.78, 5) is 17.6. The van der Waals surface area contributed by atoms with E-state index in [1.54, 1.807) is 10.7 Å². The summed E-state index contributed by atoms with van der Waals surface area (Å²) in [6.45, 7) is 4.88. The number of ether oxygens (including phenoxy) is 1. The van der Waals surface area contributed by atoms with E-state index in [1.807, 2.05) is 27.1 Å². The lowest BCUT2D eigenvalue weighted by atomic mass is 10.1. The molecular formula is C22H25N7O2. The molecule has 0 saturated heterocycles. The van der Waals surface area contributed by atoms with Crippen LogP contribution >= 0.6 is 0 Å². The van der Waals surface area contributed by atoms with Crippen LogP contribution in [0.15, 0.2) is 30.6 Å². The molecule has 160 valence electrons. The van der Waals surface area contributed by atoms with E-state index in [0.717, 1.165) is 22.6 Å². The summed E-state index contributed by atoms with van der Waals surface area (Å²) in [5.41, 5.74) is 5.16. The fourth-order valence-corrected chi connectivity index (χ4v) is 4.18. The second-order valence-corrected chi connectivity index (χ2v) is 8.05. The molecule has 1 aromatic carbocycles. The lowest BCUT2D eigenvalue weighted by molar-refractivity contribution is 0.0822. The largest absolute Gasteiger partial charge is 0.375 e. The van der Waals surface area contributed by atoms with E-state index in [4.69, 9.17) is 9.72 Å². The maximum atomic E-state index is 12.9. The summed E-state index contributed by atoms with van der Waals surface area (Å²) in [6.07, 6.45) is 3.66. The summed E-state index contributed by atoms with van der Waals surface area (Å²) >= 11 is 0. The molecule has 0 radical (unpaired) electrons. The molecule has 9 nitrogen and oxygen atoms in total. The second kappa shape index (κ2) is 7.28. The van der Waals surface area contributed by atoms with Crippen molar-refractivity contribution in [2.75, 3.05) is 24.3 Å². The molecule has 1 aliphatic heterocycles. The molecule has 0 fully saturated rings. The number of anilines is 3. The fourth-order valence-electron chi connectivity index (χ4n) is 4.18. The van der Waals surface area contributed by atoms with Gasteiger partial charge in [0.1, 0.15) is 17.2 Å². The maximum Gasteiger partial charge on any atom is 0.257 e. The highest BCUT2D eigenvalue weighted by Gasteiger charge is 2.20. The van der Waals surface area contributed by atoms with Crippen molar-refractivity contribution in [2.24, 2.45) is 7.05 Å². The van der Waals surface area contributed by atoms with E-state index in [-0.39, 0.29) is 11.9 Å². The molecular weight excluding hydrogens is 394 g/mol. The van der Waals surface area contributed by atoms with Gasteiger partial charge in [-0.05, 0) is 37.1 Å². The van der Waals surface area contributed by atoms with Crippen LogP contribution in [0.25, 0.3) is 16.6 Å². The van der Waals surface area contributed by atoms with E-state index in [2.05, 4.69) is 50.9 Å². The molecule has 1 amide bonds. The summed E-state index contributed by atoms with van der Waals surface area (Å²) < 4.78 is 9.66. The Hall–Kier alpha value is -3.59. The number of nitrogens with zero attached hydrogens (tertiary/aromatic N) is 4. The van der Waals surface area contributed by atoms with Crippen LogP contribution in [-0.2, 0) is 18.4 Å². The van der Waals surface area contributed by atoms with Crippen molar-refractivity contribution < 1.29 is 9.53 Å². The van der Waals surface area contributed by atoms with E-state index in [9.17, 15) is 4.79 Å². The van der Waals surface area contributed by atoms with Gasteiger partial charge in [-0.1, -0.05) is 0 Å². The van der Waals surface area contributed by atoms with Crippen LogP contribution in [0.4, 0.5) is 17.3 Å². The first-order valence-electron chi connectivity index (χ1n) is 10.3. The Labute approximate surface area is 179 Å². The Morgan fingerprint density at radius 3 is 2.94 bits per heavy atom. The Balaban J connectivity index is 1.74. The molecule has 0 unspecified atom stereocenters. The SMILES string of the molecule is CNc1cc2nc3c(cnn13)C(=O)N[C@H](C)COCc1cc(c3c(c1)c(C)cn3C)N2. The fraction of sp³-hybridized carbons (Fsp3) is 0.318. The second-order valence-electron chi connectivity index (χ2n) is 8.05. The maximum absolute atomic E-state index is 12.9. The van der Waals surface area contributed by atoms with Crippen LogP contribution in [0.2, 0.25) is 0 Å². The van der Waals surface area contributed by atoms with Crippen LogP contribution < -0.4 is 16.0 Å².